The van der Waals surface area contributed by atoms with E-state index in [2.05, 4.69) is 33.9 Å². The Bertz CT molecular complexity index is 702. The number of hydrogen-bond acceptors (Lipinski definition) is 3. The Morgan fingerprint density at radius 1 is 1.35 bits per heavy atom. The van der Waals surface area contributed by atoms with Crippen LogP contribution in [0.25, 0.3) is 10.9 Å². The van der Waals surface area contributed by atoms with E-state index in [1.54, 1.807) is 18.3 Å². The lowest BCUT2D eigenvalue weighted by Crippen LogP contribution is -2.27. The lowest BCUT2D eigenvalue weighted by atomic mass is 10.2. The van der Waals surface area contributed by atoms with E-state index in [0.717, 1.165) is 42.3 Å². The Morgan fingerprint density at radius 3 is 2.91 bits per heavy atom. The minimum Gasteiger partial charge on any atom is -0.508 e. The predicted octanol–water partition coefficient (Wildman–Crippen LogP) is 2.80. The monoisotopic (exact) mass is 315 g/mol. The zero-order chi connectivity index (χ0) is 16.7. The molecule has 0 unspecified atom stereocenters. The highest BCUT2D eigenvalue weighted by Gasteiger charge is 2.06. The van der Waals surface area contributed by atoms with Crippen LogP contribution in [0.3, 0.4) is 0 Å². The summed E-state index contributed by atoms with van der Waals surface area (Å²) in [4.78, 5) is 4.22. The second-order valence-corrected chi connectivity index (χ2v) is 5.42. The number of unbranched alkanes of at least 4 members (excludes halogenated alkanes) is 2. The molecular formula is C17H25N5O. The second kappa shape index (κ2) is 8.22. The zero-order valence-electron chi connectivity index (χ0n) is 13.8. The van der Waals surface area contributed by atoms with Crippen LogP contribution in [-0.4, -0.2) is 28.4 Å². The van der Waals surface area contributed by atoms with E-state index in [0.29, 0.717) is 12.5 Å². The zero-order valence-corrected chi connectivity index (χ0v) is 13.8. The molecule has 23 heavy (non-hydrogen) atoms. The molecule has 0 atom stereocenters. The molecule has 124 valence electrons. The van der Waals surface area contributed by atoms with Crippen molar-refractivity contribution in [1.82, 2.24) is 9.99 Å². The van der Waals surface area contributed by atoms with Crippen molar-refractivity contribution in [2.24, 2.45) is 15.8 Å². The number of phenolic OH excluding ortho intramolecular Hbond substituents is 1. The van der Waals surface area contributed by atoms with Gasteiger partial charge < -0.3 is 15.4 Å². The molecular weight excluding hydrogens is 290 g/mol. The number of nitrogens with one attached hydrogen (secondary N) is 1. The molecule has 0 saturated heterocycles. The Balaban J connectivity index is 2.07. The van der Waals surface area contributed by atoms with E-state index in [-0.39, 0.29) is 5.75 Å². The van der Waals surface area contributed by atoms with Crippen LogP contribution in [0.1, 0.15) is 38.7 Å². The molecule has 2 aromatic rings. The fourth-order valence-corrected chi connectivity index (χ4v) is 2.44. The van der Waals surface area contributed by atoms with Crippen molar-refractivity contribution < 1.29 is 5.11 Å². The van der Waals surface area contributed by atoms with Crippen LogP contribution < -0.4 is 11.2 Å². The topological polar surface area (TPSA) is 87.9 Å². The van der Waals surface area contributed by atoms with E-state index in [4.69, 9.17) is 5.73 Å². The number of hydrogen-bond donors (Lipinski definition) is 3. The number of benzene rings is 1. The minimum absolute atomic E-state index is 0.242. The highest BCUT2D eigenvalue weighted by atomic mass is 16.3. The summed E-state index contributed by atoms with van der Waals surface area (Å²) in [6, 6.07) is 5.34. The van der Waals surface area contributed by atoms with Gasteiger partial charge in [0.25, 0.3) is 0 Å². The van der Waals surface area contributed by atoms with Gasteiger partial charge in [0.05, 0.1) is 6.21 Å². The van der Waals surface area contributed by atoms with Crippen molar-refractivity contribution in [3.05, 3.63) is 30.0 Å². The van der Waals surface area contributed by atoms with Gasteiger partial charge in [-0.3, -0.25) is 4.99 Å². The molecule has 6 heteroatoms. The van der Waals surface area contributed by atoms with Crippen LogP contribution >= 0.6 is 0 Å². The van der Waals surface area contributed by atoms with Crippen LogP contribution in [0, 0.1) is 0 Å². The molecule has 0 aliphatic rings. The molecule has 1 aromatic carbocycles. The van der Waals surface area contributed by atoms with Gasteiger partial charge in [-0.1, -0.05) is 19.8 Å². The molecule has 1 aromatic heterocycles. The van der Waals surface area contributed by atoms with Gasteiger partial charge in [0.15, 0.2) is 0 Å². The van der Waals surface area contributed by atoms with Gasteiger partial charge >= 0.3 is 0 Å². The van der Waals surface area contributed by atoms with Crippen molar-refractivity contribution >= 4 is 23.1 Å². The van der Waals surface area contributed by atoms with Crippen LogP contribution in [0.2, 0.25) is 0 Å². The number of aryl methyl sites for hydroxylation is 1. The Hall–Kier alpha value is -2.50. The number of hydrazone groups is 1. The number of aromatic hydroxyl groups is 1. The summed E-state index contributed by atoms with van der Waals surface area (Å²) in [6.45, 7) is 5.79. The third kappa shape index (κ3) is 4.48. The van der Waals surface area contributed by atoms with Crippen molar-refractivity contribution in [2.45, 2.75) is 39.7 Å². The first-order valence-corrected chi connectivity index (χ1v) is 8.06. The first-order valence-electron chi connectivity index (χ1n) is 8.06. The Morgan fingerprint density at radius 2 is 2.17 bits per heavy atom. The highest BCUT2D eigenvalue weighted by Crippen LogP contribution is 2.24. The van der Waals surface area contributed by atoms with E-state index in [1.807, 2.05) is 12.3 Å². The van der Waals surface area contributed by atoms with Gasteiger partial charge in [-0.15, -0.1) is 0 Å². The number of nitrogens with zero attached hydrogens (tertiary/aromatic N) is 3. The van der Waals surface area contributed by atoms with Gasteiger partial charge in [0, 0.05) is 35.8 Å². The standard InChI is InChI=1S/C17H25N5O/c1-3-5-6-9-19-17(18)21-20-11-13-12-22(4-2)16-8-7-14(23)10-15(13)16/h7-8,10-12,23H,3-6,9H2,1-2H3,(H3,18,19,21)/b20-11+. The number of phenols is 1. The Kier molecular flexibility index (Phi) is 6.02. The smallest absolute Gasteiger partial charge is 0.209 e. The first-order chi connectivity index (χ1) is 11.2. The summed E-state index contributed by atoms with van der Waals surface area (Å²) in [7, 11) is 0. The summed E-state index contributed by atoms with van der Waals surface area (Å²) in [5.41, 5.74) is 10.5. The van der Waals surface area contributed by atoms with Crippen molar-refractivity contribution in [3.63, 3.8) is 0 Å². The van der Waals surface area contributed by atoms with Gasteiger partial charge in [-0.05, 0) is 31.5 Å². The Labute approximate surface area is 136 Å². The van der Waals surface area contributed by atoms with E-state index in [9.17, 15) is 5.11 Å². The average molecular weight is 315 g/mol. The molecule has 4 N–H and O–H groups in total. The summed E-state index contributed by atoms with van der Waals surface area (Å²) in [5, 5.41) is 14.8. The maximum absolute atomic E-state index is 9.68. The quantitative estimate of drug-likeness (QED) is 0.318. The van der Waals surface area contributed by atoms with Crippen LogP contribution in [0.5, 0.6) is 5.75 Å². The minimum atomic E-state index is 0.242. The lowest BCUT2D eigenvalue weighted by molar-refractivity contribution is 0.476. The van der Waals surface area contributed by atoms with Gasteiger partial charge in [-0.25, -0.2) is 5.43 Å². The van der Waals surface area contributed by atoms with Crippen molar-refractivity contribution in [3.8, 4) is 5.75 Å². The van der Waals surface area contributed by atoms with E-state index >= 15 is 0 Å². The SMILES string of the molecule is CCCCCN=C(N)N/N=C/c1cn(CC)c2ccc(O)cc12. The first kappa shape index (κ1) is 16.9. The molecule has 0 fully saturated rings. The fourth-order valence-electron chi connectivity index (χ4n) is 2.44. The van der Waals surface area contributed by atoms with E-state index in [1.165, 1.54) is 0 Å². The maximum Gasteiger partial charge on any atom is 0.209 e. The molecule has 2 rings (SSSR count). The average Bonchev–Trinajstić information content (AvgIpc) is 2.89. The van der Waals surface area contributed by atoms with Gasteiger partial charge in [0.1, 0.15) is 5.75 Å². The maximum atomic E-state index is 9.68. The summed E-state index contributed by atoms with van der Waals surface area (Å²) in [6.07, 6.45) is 7.05. The van der Waals surface area contributed by atoms with Crippen molar-refractivity contribution in [2.75, 3.05) is 6.54 Å². The molecule has 0 saturated carbocycles. The van der Waals surface area contributed by atoms with Crippen LogP contribution in [-0.2, 0) is 6.54 Å². The number of aliphatic imine (C=N–C) groups is 1. The summed E-state index contributed by atoms with van der Waals surface area (Å²) >= 11 is 0. The number of fused-ring (bicyclic) bond motifs is 1. The van der Waals surface area contributed by atoms with Gasteiger partial charge in [0.2, 0.25) is 5.96 Å². The number of guanidine groups is 1. The third-order valence-corrected chi connectivity index (χ3v) is 3.66. The molecule has 0 bridgehead atoms. The molecule has 0 amide bonds. The number of aromatic nitrogens is 1. The molecule has 0 radical (unpaired) electrons. The second-order valence-electron chi connectivity index (χ2n) is 5.42. The summed E-state index contributed by atoms with van der Waals surface area (Å²) < 4.78 is 2.11. The van der Waals surface area contributed by atoms with E-state index < -0.39 is 0 Å². The molecule has 0 aliphatic heterocycles. The molecule has 6 nitrogen and oxygen atoms in total. The predicted molar refractivity (Wildman–Crippen MR) is 96.0 cm³/mol. The number of rotatable bonds is 7. The molecule has 1 heterocycles. The molecule has 0 aliphatic carbocycles. The third-order valence-electron chi connectivity index (χ3n) is 3.66. The normalized spacial score (nSPS) is 12.3. The van der Waals surface area contributed by atoms with Crippen LogP contribution in [0.4, 0.5) is 0 Å². The fraction of sp³-hybridized carbons (Fsp3) is 0.412. The summed E-state index contributed by atoms with van der Waals surface area (Å²) in [5.74, 6) is 0.561. The van der Waals surface area contributed by atoms with Crippen LogP contribution in [0.15, 0.2) is 34.5 Å². The molecule has 0 spiro atoms. The number of nitrogens with two attached hydrogens (primary N) is 1. The lowest BCUT2D eigenvalue weighted by Gasteiger charge is -1.99. The largest absolute Gasteiger partial charge is 0.508 e. The van der Waals surface area contributed by atoms with Crippen molar-refractivity contribution in [1.29, 1.82) is 0 Å². The van der Waals surface area contributed by atoms with Gasteiger partial charge in [-0.2, -0.15) is 5.10 Å². The highest BCUT2D eigenvalue weighted by molar-refractivity contribution is 6.00.